The van der Waals surface area contributed by atoms with E-state index in [0.717, 1.165) is 58.6 Å². The molecule has 15 heteroatoms. The summed E-state index contributed by atoms with van der Waals surface area (Å²) < 4.78 is 11.6. The van der Waals surface area contributed by atoms with Crippen LogP contribution in [0.5, 0.6) is 11.5 Å². The van der Waals surface area contributed by atoms with Crippen LogP contribution >= 0.6 is 34.3 Å². The van der Waals surface area contributed by atoms with Crippen molar-refractivity contribution in [2.24, 2.45) is 0 Å². The lowest BCUT2D eigenvalue weighted by Crippen LogP contribution is -1.97. The first-order valence-electron chi connectivity index (χ1n) is 14.0. The Morgan fingerprint density at radius 3 is 1.70 bits per heavy atom. The molecule has 0 aliphatic rings. The Morgan fingerprint density at radius 2 is 1.21 bits per heavy atom. The summed E-state index contributed by atoms with van der Waals surface area (Å²) in [6.07, 6.45) is 3.83. The lowest BCUT2D eigenvalue weighted by Gasteiger charge is -2.03. The molecule has 0 amide bonds. The third kappa shape index (κ3) is 5.92. The van der Waals surface area contributed by atoms with Crippen molar-refractivity contribution >= 4 is 76.0 Å². The van der Waals surface area contributed by atoms with E-state index in [0.29, 0.717) is 12.5 Å². The fraction of sp³-hybridized carbons (Fsp3) is 0.0625. The molecule has 0 aliphatic carbocycles. The van der Waals surface area contributed by atoms with Crippen LogP contribution < -0.4 is 4.74 Å². The summed E-state index contributed by atoms with van der Waals surface area (Å²) in [6, 6.07) is 23.8. The van der Waals surface area contributed by atoms with Crippen molar-refractivity contribution in [3.8, 4) is 34.0 Å². The number of fused-ring (bicyclic) bond motifs is 6. The second-order valence-electron chi connectivity index (χ2n) is 10.2. The van der Waals surface area contributed by atoms with Crippen LogP contribution in [0.3, 0.4) is 0 Å². The number of nitro benzene ring substituents is 2. The van der Waals surface area contributed by atoms with Gasteiger partial charge in [-0.15, -0.1) is 11.6 Å². The third-order valence-corrected chi connectivity index (χ3v) is 9.43. The quantitative estimate of drug-likeness (QED) is 0.0996. The number of nitro groups is 2. The minimum Gasteiger partial charge on any atom is -0.508 e. The van der Waals surface area contributed by atoms with E-state index in [4.69, 9.17) is 16.3 Å². The van der Waals surface area contributed by atoms with Crippen LogP contribution in [0.25, 0.3) is 52.9 Å². The Bertz CT molecular complexity index is 2430. The van der Waals surface area contributed by atoms with Gasteiger partial charge < -0.3 is 9.84 Å². The van der Waals surface area contributed by atoms with E-state index in [1.165, 1.54) is 35.6 Å². The van der Waals surface area contributed by atoms with Crippen LogP contribution in [0.2, 0.25) is 0 Å². The molecule has 0 saturated carbocycles. The van der Waals surface area contributed by atoms with E-state index < -0.39 is 9.85 Å². The number of rotatable bonds is 7. The van der Waals surface area contributed by atoms with Crippen LogP contribution in [0.1, 0.15) is 0 Å². The number of hydrogen-bond donors (Lipinski definition) is 1. The van der Waals surface area contributed by atoms with Gasteiger partial charge in [0, 0.05) is 47.8 Å². The van der Waals surface area contributed by atoms with E-state index in [9.17, 15) is 25.3 Å². The standard InChI is InChI=1S/C17H12ClN3O3S.C15H9N3O3S/c18-7-8-24-13-5-6-15-16(9-13)25-17-19-14(10-20(15)17)11-1-3-12(4-2-11)21(22)23;19-11-5-6-13-14(7-11)22-15-16-12(8-17(13)15)9-1-3-10(4-2-9)18(20)21/h1-6,9-10H,7-8H2;1-8,19H. The molecular weight excluding hydrogens is 664 g/mol. The molecule has 0 saturated heterocycles. The summed E-state index contributed by atoms with van der Waals surface area (Å²) in [5.41, 5.74) is 5.36. The van der Waals surface area contributed by atoms with Gasteiger partial charge in [-0.3, -0.25) is 29.0 Å². The highest BCUT2D eigenvalue weighted by Crippen LogP contribution is 2.33. The number of imidazole rings is 2. The molecule has 4 heterocycles. The molecule has 0 spiro atoms. The molecular formula is C32H21ClN6O6S2. The number of alkyl halides is 1. The first-order valence-corrected chi connectivity index (χ1v) is 16.1. The summed E-state index contributed by atoms with van der Waals surface area (Å²) >= 11 is 8.69. The lowest BCUT2D eigenvalue weighted by molar-refractivity contribution is -0.385. The van der Waals surface area contributed by atoms with E-state index in [-0.39, 0.29) is 17.1 Å². The van der Waals surface area contributed by atoms with Crippen LogP contribution in [-0.2, 0) is 0 Å². The van der Waals surface area contributed by atoms with Crippen molar-refractivity contribution in [3.63, 3.8) is 0 Å². The predicted molar refractivity (Wildman–Crippen MR) is 183 cm³/mol. The molecule has 12 nitrogen and oxygen atoms in total. The van der Waals surface area contributed by atoms with E-state index in [1.54, 1.807) is 47.7 Å². The summed E-state index contributed by atoms with van der Waals surface area (Å²) in [7, 11) is 0. The highest BCUT2D eigenvalue weighted by Gasteiger charge is 2.14. The van der Waals surface area contributed by atoms with Gasteiger partial charge in [0.05, 0.1) is 47.5 Å². The average Bonchev–Trinajstić information content (AvgIpc) is 3.83. The van der Waals surface area contributed by atoms with Gasteiger partial charge in [-0.2, -0.15) is 0 Å². The SMILES string of the molecule is O=[N+]([O-])c1ccc(-c2cn3c(n2)sc2cc(O)ccc23)cc1.O=[N+]([O-])c1ccc(-c2cn3c(n2)sc2cc(OCCCl)ccc23)cc1. The van der Waals surface area contributed by atoms with Crippen molar-refractivity contribution in [1.82, 2.24) is 18.8 Å². The van der Waals surface area contributed by atoms with Gasteiger partial charge in [0.2, 0.25) is 0 Å². The molecule has 8 aromatic rings. The summed E-state index contributed by atoms with van der Waals surface area (Å²) in [5.74, 6) is 1.46. The summed E-state index contributed by atoms with van der Waals surface area (Å²) in [4.78, 5) is 31.5. The summed E-state index contributed by atoms with van der Waals surface area (Å²) in [5, 5.41) is 31.0. The first kappa shape index (κ1) is 30.1. The minimum atomic E-state index is -0.421. The second kappa shape index (κ2) is 12.3. The van der Waals surface area contributed by atoms with Gasteiger partial charge in [0.15, 0.2) is 9.92 Å². The van der Waals surface area contributed by atoms with Crippen molar-refractivity contribution < 1.29 is 19.7 Å². The monoisotopic (exact) mass is 684 g/mol. The Morgan fingerprint density at radius 1 is 0.723 bits per heavy atom. The van der Waals surface area contributed by atoms with Gasteiger partial charge in [-0.1, -0.05) is 22.7 Å². The number of nitrogens with zero attached hydrogens (tertiary/aromatic N) is 6. The molecule has 8 rings (SSSR count). The van der Waals surface area contributed by atoms with E-state index >= 15 is 0 Å². The fourth-order valence-corrected chi connectivity index (χ4v) is 7.16. The molecule has 0 bridgehead atoms. The first-order chi connectivity index (χ1) is 22.8. The normalized spacial score (nSPS) is 11.3. The van der Waals surface area contributed by atoms with Crippen molar-refractivity contribution in [2.75, 3.05) is 12.5 Å². The molecule has 4 aromatic heterocycles. The predicted octanol–water partition coefficient (Wildman–Crippen LogP) is 8.57. The maximum absolute atomic E-state index is 10.8. The highest BCUT2D eigenvalue weighted by atomic mass is 35.5. The maximum atomic E-state index is 10.8. The van der Waals surface area contributed by atoms with E-state index in [1.807, 2.05) is 45.5 Å². The number of aromatic nitrogens is 4. The topological polar surface area (TPSA) is 150 Å². The van der Waals surface area contributed by atoms with Crippen LogP contribution in [0.15, 0.2) is 97.3 Å². The van der Waals surface area contributed by atoms with Crippen LogP contribution in [-0.4, -0.2) is 46.2 Å². The molecule has 0 radical (unpaired) electrons. The number of non-ortho nitro benzene ring substituents is 2. The number of halogens is 1. The Labute approximate surface area is 277 Å². The number of benzene rings is 4. The van der Waals surface area contributed by atoms with Crippen LogP contribution in [0, 0.1) is 20.2 Å². The van der Waals surface area contributed by atoms with Gasteiger partial charge in [0.1, 0.15) is 18.1 Å². The largest absolute Gasteiger partial charge is 0.508 e. The molecule has 47 heavy (non-hydrogen) atoms. The molecule has 0 fully saturated rings. The van der Waals surface area contributed by atoms with Crippen LogP contribution in [0.4, 0.5) is 11.4 Å². The van der Waals surface area contributed by atoms with Gasteiger partial charge in [-0.05, 0) is 60.7 Å². The molecule has 0 unspecified atom stereocenters. The zero-order valence-electron chi connectivity index (χ0n) is 24.0. The minimum absolute atomic E-state index is 0.0608. The molecule has 0 aliphatic heterocycles. The number of hydrogen-bond acceptors (Lipinski definition) is 10. The second-order valence-corrected chi connectivity index (χ2v) is 12.6. The molecule has 0 atom stereocenters. The van der Waals surface area contributed by atoms with Crippen molar-refractivity contribution in [1.29, 1.82) is 0 Å². The number of thiazole rings is 2. The number of phenolic OH excluding ortho intramolecular Hbond substituents is 1. The number of aromatic hydroxyl groups is 1. The smallest absolute Gasteiger partial charge is 0.269 e. The van der Waals surface area contributed by atoms with Gasteiger partial charge >= 0.3 is 0 Å². The Kier molecular flexibility index (Phi) is 7.89. The Hall–Kier alpha value is -5.57. The highest BCUT2D eigenvalue weighted by molar-refractivity contribution is 7.24. The average molecular weight is 685 g/mol. The van der Waals surface area contributed by atoms with Crippen molar-refractivity contribution in [3.05, 3.63) is 118 Å². The third-order valence-electron chi connectivity index (χ3n) is 7.24. The fourth-order valence-electron chi connectivity index (χ4n) is 5.00. The van der Waals surface area contributed by atoms with E-state index in [2.05, 4.69) is 9.97 Å². The zero-order valence-corrected chi connectivity index (χ0v) is 26.4. The maximum Gasteiger partial charge on any atom is 0.269 e. The lowest BCUT2D eigenvalue weighted by atomic mass is 10.1. The number of phenols is 1. The zero-order chi connectivity index (χ0) is 32.7. The Balaban J connectivity index is 0.000000151. The summed E-state index contributed by atoms with van der Waals surface area (Å²) in [6.45, 7) is 0.472. The molecule has 4 aromatic carbocycles. The molecule has 1 N–H and O–H groups in total. The molecule has 234 valence electrons. The number of ether oxygens (including phenoxy) is 1. The van der Waals surface area contributed by atoms with Crippen molar-refractivity contribution in [2.45, 2.75) is 0 Å². The van der Waals surface area contributed by atoms with Gasteiger partial charge in [-0.25, -0.2) is 9.97 Å². The van der Waals surface area contributed by atoms with Gasteiger partial charge in [0.25, 0.3) is 11.4 Å².